The summed E-state index contributed by atoms with van der Waals surface area (Å²) >= 11 is 0. The lowest BCUT2D eigenvalue weighted by Crippen LogP contribution is -2.28. The maximum Gasteiger partial charge on any atom is 0.573 e. The Morgan fingerprint density at radius 1 is 1.21 bits per heavy atom. The Bertz CT molecular complexity index is 558. The number of pyridine rings is 1. The first kappa shape index (κ1) is 14.9. The van der Waals surface area contributed by atoms with E-state index < -0.39 is 40.9 Å². The highest BCUT2D eigenvalue weighted by atomic mass is 19.4. The molecule has 1 aromatic rings. The molecule has 1 aromatic heterocycles. The third-order valence-electron chi connectivity index (χ3n) is 1.78. The molecule has 0 bridgehead atoms. The topological polar surface area (TPSA) is 79.4 Å². The highest BCUT2D eigenvalue weighted by molar-refractivity contribution is 5.90. The third kappa shape index (κ3) is 3.39. The van der Waals surface area contributed by atoms with E-state index in [2.05, 4.69) is 4.74 Å². The van der Waals surface area contributed by atoms with Crippen molar-refractivity contribution < 1.29 is 41.0 Å². The minimum atomic E-state index is -5.58. The number of carboxylic acid groups (broad SMARTS) is 1. The number of hydrogen-bond acceptors (Lipinski definition) is 3. The van der Waals surface area contributed by atoms with Crippen LogP contribution in [0.2, 0.25) is 0 Å². The Morgan fingerprint density at radius 2 is 1.74 bits per heavy atom. The normalized spacial score (nSPS) is 12.3. The maximum atomic E-state index is 12.6. The molecule has 0 aliphatic carbocycles. The first-order valence-electron chi connectivity index (χ1n) is 4.25. The quantitative estimate of drug-likeness (QED) is 0.817. The smallest absolute Gasteiger partial charge is 0.478 e. The van der Waals surface area contributed by atoms with Crippen molar-refractivity contribution in [1.82, 2.24) is 4.98 Å². The van der Waals surface area contributed by atoms with Crippen LogP contribution in [0.5, 0.6) is 5.75 Å². The second-order valence-electron chi connectivity index (χ2n) is 3.09. The number of nitrogens with one attached hydrogen (secondary N) is 1. The number of hydrogen-bond donors (Lipinski definition) is 2. The van der Waals surface area contributed by atoms with E-state index in [1.54, 1.807) is 0 Å². The lowest BCUT2D eigenvalue weighted by Gasteiger charge is -2.15. The molecule has 5 nitrogen and oxygen atoms in total. The summed E-state index contributed by atoms with van der Waals surface area (Å²) in [7, 11) is 0. The van der Waals surface area contributed by atoms with Crippen molar-refractivity contribution in [2.24, 2.45) is 0 Å². The van der Waals surface area contributed by atoms with Crippen molar-refractivity contribution in [2.75, 3.05) is 0 Å². The minimum absolute atomic E-state index is 0.136. The fraction of sp³-hybridized carbons (Fsp3) is 0.250. The van der Waals surface area contributed by atoms with Crippen LogP contribution in [0, 0.1) is 0 Å². The predicted molar refractivity (Wildman–Crippen MR) is 45.7 cm³/mol. The number of rotatable bonds is 2. The lowest BCUT2D eigenvalue weighted by molar-refractivity contribution is -0.276. The van der Waals surface area contributed by atoms with Gasteiger partial charge in [0.05, 0.1) is 5.56 Å². The van der Waals surface area contributed by atoms with E-state index in [1.165, 1.54) is 4.98 Å². The van der Waals surface area contributed by atoms with Crippen molar-refractivity contribution in [3.05, 3.63) is 27.7 Å². The standard InChI is InChI=1S/C8H3F6NO4/c9-7(10,11)3-2(6(17)18)1-15-5(16)4(3)19-8(12,13)14/h1H,(H,15,16)(H,17,18). The Hall–Kier alpha value is -2.20. The molecule has 0 fully saturated rings. The number of aromatic nitrogens is 1. The van der Waals surface area contributed by atoms with Gasteiger partial charge in [-0.05, 0) is 0 Å². The van der Waals surface area contributed by atoms with Gasteiger partial charge in [-0.1, -0.05) is 0 Å². The van der Waals surface area contributed by atoms with Crippen LogP contribution in [0.4, 0.5) is 26.3 Å². The molecular weight excluding hydrogens is 288 g/mol. The molecular formula is C8H3F6NO4. The summed E-state index contributed by atoms with van der Waals surface area (Å²) in [5.74, 6) is -4.34. The summed E-state index contributed by atoms with van der Waals surface area (Å²) < 4.78 is 76.4. The molecule has 0 atom stereocenters. The fourth-order valence-electron chi connectivity index (χ4n) is 1.17. The van der Waals surface area contributed by atoms with Gasteiger partial charge in [-0.15, -0.1) is 13.2 Å². The Balaban J connectivity index is 3.64. The molecule has 0 radical (unpaired) electrons. The summed E-state index contributed by atoms with van der Waals surface area (Å²) in [4.78, 5) is 22.9. The third-order valence-corrected chi connectivity index (χ3v) is 1.78. The number of aromatic amines is 1. The van der Waals surface area contributed by atoms with Crippen LogP contribution in [0.1, 0.15) is 15.9 Å². The average Bonchev–Trinajstić information content (AvgIpc) is 2.16. The molecule has 0 aliphatic rings. The molecule has 0 saturated heterocycles. The lowest BCUT2D eigenvalue weighted by atomic mass is 10.1. The van der Waals surface area contributed by atoms with Gasteiger partial charge in [-0.25, -0.2) is 4.79 Å². The van der Waals surface area contributed by atoms with Gasteiger partial charge in [0.1, 0.15) is 5.56 Å². The monoisotopic (exact) mass is 291 g/mol. The summed E-state index contributed by atoms with van der Waals surface area (Å²) in [6.07, 6.45) is -11.0. The van der Waals surface area contributed by atoms with Crippen molar-refractivity contribution in [2.45, 2.75) is 12.5 Å². The number of ether oxygens (including phenoxy) is 1. The highest BCUT2D eigenvalue weighted by Crippen LogP contribution is 2.38. The molecule has 19 heavy (non-hydrogen) atoms. The zero-order valence-corrected chi connectivity index (χ0v) is 8.52. The molecule has 106 valence electrons. The number of alkyl halides is 6. The summed E-state index contributed by atoms with van der Waals surface area (Å²) in [5, 5.41) is 8.48. The zero-order valence-electron chi connectivity index (χ0n) is 8.52. The summed E-state index contributed by atoms with van der Waals surface area (Å²) in [5.41, 5.74) is -5.72. The van der Waals surface area contributed by atoms with Crippen molar-refractivity contribution in [3.63, 3.8) is 0 Å². The SMILES string of the molecule is O=C(O)c1c[nH]c(=O)c(OC(F)(F)F)c1C(F)(F)F. The van der Waals surface area contributed by atoms with Crippen LogP contribution in [-0.2, 0) is 6.18 Å². The molecule has 0 unspecified atom stereocenters. The molecule has 0 aliphatic heterocycles. The van der Waals surface area contributed by atoms with E-state index in [4.69, 9.17) is 5.11 Å². The molecule has 11 heteroatoms. The van der Waals surface area contributed by atoms with Gasteiger partial charge in [-0.2, -0.15) is 13.2 Å². The van der Waals surface area contributed by atoms with E-state index in [0.717, 1.165) is 0 Å². The van der Waals surface area contributed by atoms with Crippen molar-refractivity contribution >= 4 is 5.97 Å². The highest BCUT2D eigenvalue weighted by Gasteiger charge is 2.44. The van der Waals surface area contributed by atoms with Crippen molar-refractivity contribution in [3.8, 4) is 5.75 Å². The molecule has 0 spiro atoms. The van der Waals surface area contributed by atoms with Crippen molar-refractivity contribution in [1.29, 1.82) is 0 Å². The van der Waals surface area contributed by atoms with E-state index >= 15 is 0 Å². The number of aromatic carboxylic acids is 1. The molecule has 0 saturated carbocycles. The van der Waals surface area contributed by atoms with Crippen LogP contribution in [0.25, 0.3) is 0 Å². The Labute approximate surface area is 99.0 Å². The number of H-pyrrole nitrogens is 1. The zero-order chi connectivity index (χ0) is 15.0. The number of halogens is 6. The molecule has 2 N–H and O–H groups in total. The second kappa shape index (κ2) is 4.48. The molecule has 1 rings (SSSR count). The van der Waals surface area contributed by atoms with Gasteiger partial charge >= 0.3 is 18.5 Å². The van der Waals surface area contributed by atoms with E-state index in [0.29, 0.717) is 0 Å². The van der Waals surface area contributed by atoms with Gasteiger partial charge in [-0.3, -0.25) is 4.79 Å². The van der Waals surface area contributed by atoms with Gasteiger partial charge in [0, 0.05) is 6.20 Å². The van der Waals surface area contributed by atoms with Crippen LogP contribution in [0.15, 0.2) is 11.0 Å². The second-order valence-corrected chi connectivity index (χ2v) is 3.09. The maximum absolute atomic E-state index is 12.6. The van der Waals surface area contributed by atoms with Gasteiger partial charge < -0.3 is 14.8 Å². The summed E-state index contributed by atoms with van der Waals surface area (Å²) in [6.45, 7) is 0. The number of carboxylic acids is 1. The Kier molecular flexibility index (Phi) is 3.50. The van der Waals surface area contributed by atoms with E-state index in [9.17, 15) is 35.9 Å². The first-order chi connectivity index (χ1) is 8.43. The number of carbonyl (C=O) groups is 1. The molecule has 0 amide bonds. The fourth-order valence-corrected chi connectivity index (χ4v) is 1.17. The van der Waals surface area contributed by atoms with E-state index in [-0.39, 0.29) is 6.20 Å². The summed E-state index contributed by atoms with van der Waals surface area (Å²) in [6, 6.07) is 0. The van der Waals surface area contributed by atoms with Crippen LogP contribution in [-0.4, -0.2) is 22.4 Å². The van der Waals surface area contributed by atoms with E-state index in [1.807, 2.05) is 0 Å². The van der Waals surface area contributed by atoms with Gasteiger partial charge in [0.15, 0.2) is 0 Å². The molecule has 1 heterocycles. The largest absolute Gasteiger partial charge is 0.573 e. The van der Waals surface area contributed by atoms with Gasteiger partial charge in [0.2, 0.25) is 5.75 Å². The molecule has 0 aromatic carbocycles. The van der Waals surface area contributed by atoms with Crippen LogP contribution < -0.4 is 10.3 Å². The average molecular weight is 291 g/mol. The van der Waals surface area contributed by atoms with Crippen LogP contribution in [0.3, 0.4) is 0 Å². The van der Waals surface area contributed by atoms with Crippen LogP contribution >= 0.6 is 0 Å². The predicted octanol–water partition coefficient (Wildman–Crippen LogP) is 1.99. The van der Waals surface area contributed by atoms with Gasteiger partial charge in [0.25, 0.3) is 5.56 Å². The first-order valence-corrected chi connectivity index (χ1v) is 4.25. The Morgan fingerprint density at radius 3 is 2.11 bits per heavy atom. The minimum Gasteiger partial charge on any atom is -0.478 e.